The lowest BCUT2D eigenvalue weighted by Crippen LogP contribution is -2.27. The second-order valence-electron chi connectivity index (χ2n) is 7.33. The van der Waals surface area contributed by atoms with Gasteiger partial charge in [-0.2, -0.15) is 0 Å². The molecule has 30 heavy (non-hydrogen) atoms. The zero-order valence-electron chi connectivity index (χ0n) is 17.0. The molecule has 2 aromatic carbocycles. The minimum atomic E-state index is -0.235. The van der Waals surface area contributed by atoms with Crippen LogP contribution in [-0.2, 0) is 11.3 Å². The van der Waals surface area contributed by atoms with Gasteiger partial charge in [0, 0.05) is 21.5 Å². The summed E-state index contributed by atoms with van der Waals surface area (Å²) in [6.45, 7) is 6.35. The van der Waals surface area contributed by atoms with Gasteiger partial charge in [-0.05, 0) is 85.6 Å². The predicted octanol–water partition coefficient (Wildman–Crippen LogP) is 6.40. The largest absolute Gasteiger partial charge is 0.318 e. The van der Waals surface area contributed by atoms with Gasteiger partial charge in [0.1, 0.15) is 0 Å². The standard InChI is InChI=1S/C24H21BrN2O2S/c1-15-6-4-5-7-18(15)14-26-23(28)22(30-24(26)29)13-19-12-16(2)27(17(19)3)21-10-8-20(25)9-11-21/h4-13H,14H2,1-3H3/b22-13-. The number of carbonyl (C=O) groups is 2. The fourth-order valence-electron chi connectivity index (χ4n) is 3.66. The van der Waals surface area contributed by atoms with Gasteiger partial charge >= 0.3 is 0 Å². The molecule has 2 heterocycles. The lowest BCUT2D eigenvalue weighted by atomic mass is 10.1. The highest BCUT2D eigenvalue weighted by molar-refractivity contribution is 9.10. The molecule has 2 amide bonds. The molecule has 1 fully saturated rings. The number of amides is 2. The quantitative estimate of drug-likeness (QED) is 0.405. The first kappa shape index (κ1) is 20.7. The second-order valence-corrected chi connectivity index (χ2v) is 9.24. The minimum absolute atomic E-state index is 0.226. The van der Waals surface area contributed by atoms with E-state index in [0.717, 1.165) is 50.0 Å². The highest BCUT2D eigenvalue weighted by Crippen LogP contribution is 2.35. The van der Waals surface area contributed by atoms with Crippen LogP contribution in [0.2, 0.25) is 0 Å². The van der Waals surface area contributed by atoms with Crippen molar-refractivity contribution in [1.82, 2.24) is 9.47 Å². The fourth-order valence-corrected chi connectivity index (χ4v) is 4.75. The van der Waals surface area contributed by atoms with Gasteiger partial charge in [-0.25, -0.2) is 0 Å². The maximum Gasteiger partial charge on any atom is 0.293 e. The van der Waals surface area contributed by atoms with Crippen LogP contribution < -0.4 is 0 Å². The van der Waals surface area contributed by atoms with Crippen LogP contribution in [0.25, 0.3) is 11.8 Å². The summed E-state index contributed by atoms with van der Waals surface area (Å²) >= 11 is 4.48. The molecule has 1 aliphatic heterocycles. The van der Waals surface area contributed by atoms with Crippen molar-refractivity contribution in [2.45, 2.75) is 27.3 Å². The van der Waals surface area contributed by atoms with Gasteiger partial charge in [-0.15, -0.1) is 0 Å². The number of benzene rings is 2. The summed E-state index contributed by atoms with van der Waals surface area (Å²) in [5.74, 6) is -0.235. The van der Waals surface area contributed by atoms with Crippen molar-refractivity contribution in [3.05, 3.63) is 92.1 Å². The maximum absolute atomic E-state index is 13.0. The van der Waals surface area contributed by atoms with Crippen LogP contribution in [0.3, 0.4) is 0 Å². The molecule has 1 aromatic heterocycles. The number of hydrogen-bond donors (Lipinski definition) is 0. The van der Waals surface area contributed by atoms with Crippen molar-refractivity contribution in [3.63, 3.8) is 0 Å². The van der Waals surface area contributed by atoms with Crippen molar-refractivity contribution in [2.24, 2.45) is 0 Å². The van der Waals surface area contributed by atoms with Crippen LogP contribution in [0.4, 0.5) is 4.79 Å². The molecular weight excluding hydrogens is 460 g/mol. The molecule has 1 saturated heterocycles. The molecule has 0 radical (unpaired) electrons. The number of imide groups is 1. The third-order valence-corrected chi connectivity index (χ3v) is 6.74. The van der Waals surface area contributed by atoms with E-state index in [1.807, 2.05) is 81.4 Å². The Balaban J connectivity index is 1.63. The molecule has 0 saturated carbocycles. The van der Waals surface area contributed by atoms with Crippen molar-refractivity contribution in [1.29, 1.82) is 0 Å². The molecule has 0 aliphatic carbocycles. The molecule has 0 unspecified atom stereocenters. The Morgan fingerprint density at radius 3 is 2.40 bits per heavy atom. The van der Waals surface area contributed by atoms with Crippen LogP contribution in [0.5, 0.6) is 0 Å². The minimum Gasteiger partial charge on any atom is -0.318 e. The predicted molar refractivity (Wildman–Crippen MR) is 126 cm³/mol. The average molecular weight is 481 g/mol. The van der Waals surface area contributed by atoms with Crippen LogP contribution in [-0.4, -0.2) is 20.6 Å². The van der Waals surface area contributed by atoms with Crippen molar-refractivity contribution < 1.29 is 9.59 Å². The molecule has 0 N–H and O–H groups in total. The summed E-state index contributed by atoms with van der Waals surface area (Å²) in [7, 11) is 0. The van der Waals surface area contributed by atoms with Crippen LogP contribution in [0.15, 0.2) is 64.0 Å². The highest BCUT2D eigenvalue weighted by Gasteiger charge is 2.35. The fraction of sp³-hybridized carbons (Fsp3) is 0.167. The summed E-state index contributed by atoms with van der Waals surface area (Å²) in [5, 5.41) is -0.226. The molecule has 3 aromatic rings. The molecule has 6 heteroatoms. The van der Waals surface area contributed by atoms with Gasteiger partial charge in [0.2, 0.25) is 0 Å². The monoisotopic (exact) mass is 480 g/mol. The van der Waals surface area contributed by atoms with E-state index in [1.165, 1.54) is 4.90 Å². The third kappa shape index (κ3) is 3.89. The molecule has 0 atom stereocenters. The van der Waals surface area contributed by atoms with Gasteiger partial charge < -0.3 is 4.57 Å². The zero-order valence-corrected chi connectivity index (χ0v) is 19.4. The Morgan fingerprint density at radius 1 is 1.00 bits per heavy atom. The van der Waals surface area contributed by atoms with Gasteiger partial charge in [0.25, 0.3) is 11.1 Å². The Labute approximate surface area is 188 Å². The van der Waals surface area contributed by atoms with E-state index in [1.54, 1.807) is 0 Å². The summed E-state index contributed by atoms with van der Waals surface area (Å²) in [6.07, 6.45) is 1.83. The number of hydrogen-bond acceptors (Lipinski definition) is 3. The summed E-state index contributed by atoms with van der Waals surface area (Å²) in [4.78, 5) is 27.3. The summed E-state index contributed by atoms with van der Waals surface area (Å²) in [5.41, 5.74) is 6.14. The lowest BCUT2D eigenvalue weighted by molar-refractivity contribution is -0.123. The third-order valence-electron chi connectivity index (χ3n) is 5.31. The molecule has 4 rings (SSSR count). The normalized spacial score (nSPS) is 15.5. The molecule has 1 aliphatic rings. The van der Waals surface area contributed by atoms with Gasteiger partial charge in [0.05, 0.1) is 11.4 Å². The maximum atomic E-state index is 13.0. The first-order chi connectivity index (χ1) is 14.3. The summed E-state index contributed by atoms with van der Waals surface area (Å²) in [6, 6.07) is 18.0. The number of nitrogens with zero attached hydrogens (tertiary/aromatic N) is 2. The molecule has 152 valence electrons. The first-order valence-electron chi connectivity index (χ1n) is 9.60. The molecule has 0 spiro atoms. The number of halogens is 1. The number of rotatable bonds is 4. The van der Waals surface area contributed by atoms with Crippen LogP contribution in [0.1, 0.15) is 28.1 Å². The van der Waals surface area contributed by atoms with E-state index in [9.17, 15) is 9.59 Å². The molecule has 4 nitrogen and oxygen atoms in total. The van der Waals surface area contributed by atoms with Crippen LogP contribution in [0, 0.1) is 20.8 Å². The van der Waals surface area contributed by atoms with Crippen molar-refractivity contribution in [2.75, 3.05) is 0 Å². The lowest BCUT2D eigenvalue weighted by Gasteiger charge is -2.14. The first-order valence-corrected chi connectivity index (χ1v) is 11.2. The van der Waals surface area contributed by atoms with E-state index in [-0.39, 0.29) is 11.1 Å². The van der Waals surface area contributed by atoms with E-state index in [0.29, 0.717) is 11.4 Å². The number of carbonyl (C=O) groups excluding carboxylic acids is 2. The zero-order chi connectivity index (χ0) is 21.4. The van der Waals surface area contributed by atoms with Crippen molar-refractivity contribution >= 4 is 44.9 Å². The number of aromatic nitrogens is 1. The van der Waals surface area contributed by atoms with E-state index >= 15 is 0 Å². The average Bonchev–Trinajstić information content (AvgIpc) is 3.14. The summed E-state index contributed by atoms with van der Waals surface area (Å²) < 4.78 is 3.17. The van der Waals surface area contributed by atoms with Gasteiger partial charge in [-0.1, -0.05) is 40.2 Å². The van der Waals surface area contributed by atoms with E-state index in [2.05, 4.69) is 20.5 Å². The van der Waals surface area contributed by atoms with Crippen LogP contribution >= 0.6 is 27.7 Å². The number of thioether (sulfide) groups is 1. The Kier molecular flexibility index (Phi) is 5.71. The molecular formula is C24H21BrN2O2S. The Morgan fingerprint density at radius 2 is 1.70 bits per heavy atom. The topological polar surface area (TPSA) is 42.3 Å². The Bertz CT molecular complexity index is 1180. The van der Waals surface area contributed by atoms with Gasteiger partial charge in [-0.3, -0.25) is 14.5 Å². The molecule has 0 bridgehead atoms. The van der Waals surface area contributed by atoms with E-state index in [4.69, 9.17) is 0 Å². The van der Waals surface area contributed by atoms with Gasteiger partial charge in [0.15, 0.2) is 0 Å². The number of aryl methyl sites for hydroxylation is 2. The smallest absolute Gasteiger partial charge is 0.293 e. The second kappa shape index (κ2) is 8.28. The van der Waals surface area contributed by atoms with Crippen molar-refractivity contribution in [3.8, 4) is 5.69 Å². The SMILES string of the molecule is Cc1ccccc1CN1C(=O)S/C(=C\c2cc(C)n(-c3ccc(Br)cc3)c2C)C1=O. The Hall–Kier alpha value is -2.57. The van der Waals surface area contributed by atoms with E-state index < -0.39 is 0 Å². The highest BCUT2D eigenvalue weighted by atomic mass is 79.9.